The summed E-state index contributed by atoms with van der Waals surface area (Å²) in [6.07, 6.45) is 2.99. The molecule has 3 heterocycles. The second-order valence-corrected chi connectivity index (χ2v) is 5.50. The minimum Gasteiger partial charge on any atom is -0.457 e. The van der Waals surface area contributed by atoms with Crippen molar-refractivity contribution in [2.45, 2.75) is 12.5 Å². The first-order valence-electron chi connectivity index (χ1n) is 6.81. The van der Waals surface area contributed by atoms with E-state index in [1.54, 1.807) is 6.20 Å². The number of aromatic nitrogens is 1. The smallest absolute Gasteiger partial charge is 0.340 e. The average Bonchev–Trinajstić information content (AvgIpc) is 3.13. The van der Waals surface area contributed by atoms with Crippen LogP contribution in [0.25, 0.3) is 10.9 Å². The number of piperidine rings is 1. The number of esters is 1. The molecule has 0 amide bonds. The van der Waals surface area contributed by atoms with Gasteiger partial charge in [-0.25, -0.2) is 4.79 Å². The summed E-state index contributed by atoms with van der Waals surface area (Å²) >= 11 is 0. The fourth-order valence-electron chi connectivity index (χ4n) is 3.31. The molecule has 0 aliphatic carbocycles. The van der Waals surface area contributed by atoms with Gasteiger partial charge in [0, 0.05) is 36.1 Å². The molecule has 1 aromatic heterocycles. The zero-order chi connectivity index (χ0) is 12.8. The Morgan fingerprint density at radius 1 is 1.32 bits per heavy atom. The molecule has 2 aromatic rings. The first-order valence-corrected chi connectivity index (χ1v) is 6.81. The first kappa shape index (κ1) is 11.1. The highest BCUT2D eigenvalue weighted by Crippen LogP contribution is 2.31. The highest BCUT2D eigenvalue weighted by atomic mass is 16.5. The molecule has 2 saturated heterocycles. The minimum absolute atomic E-state index is 0.0786. The quantitative estimate of drug-likeness (QED) is 0.836. The predicted octanol–water partition coefficient (Wildman–Crippen LogP) is 2.03. The van der Waals surface area contributed by atoms with E-state index in [1.165, 1.54) is 0 Å². The Morgan fingerprint density at radius 3 is 3.00 bits per heavy atom. The van der Waals surface area contributed by atoms with Gasteiger partial charge in [0.25, 0.3) is 0 Å². The van der Waals surface area contributed by atoms with Gasteiger partial charge in [-0.15, -0.1) is 0 Å². The molecule has 1 aromatic carbocycles. The Kier molecular flexibility index (Phi) is 2.38. The molecule has 2 aliphatic heterocycles. The molecule has 2 fully saturated rings. The predicted molar refractivity (Wildman–Crippen MR) is 72.0 cm³/mol. The van der Waals surface area contributed by atoms with Gasteiger partial charge < -0.3 is 9.72 Å². The Morgan fingerprint density at radius 2 is 2.21 bits per heavy atom. The molecule has 2 bridgehead atoms. The Bertz CT molecular complexity index is 634. The lowest BCUT2D eigenvalue weighted by Gasteiger charge is -2.22. The number of benzene rings is 1. The normalized spacial score (nSPS) is 28.9. The number of fused-ring (bicyclic) bond motifs is 3. The van der Waals surface area contributed by atoms with Crippen LogP contribution in [0.4, 0.5) is 0 Å². The number of para-hydroxylation sites is 1. The molecular formula is C15H16N2O2. The highest BCUT2D eigenvalue weighted by molar-refractivity contribution is 6.04. The van der Waals surface area contributed by atoms with Crippen molar-refractivity contribution >= 4 is 16.9 Å². The van der Waals surface area contributed by atoms with Crippen molar-refractivity contribution in [1.82, 2.24) is 9.88 Å². The van der Waals surface area contributed by atoms with Crippen LogP contribution in [-0.4, -0.2) is 41.6 Å². The van der Waals surface area contributed by atoms with Crippen molar-refractivity contribution in [1.29, 1.82) is 0 Å². The molecule has 19 heavy (non-hydrogen) atoms. The molecule has 4 nitrogen and oxygen atoms in total. The van der Waals surface area contributed by atoms with Gasteiger partial charge in [0.1, 0.15) is 6.10 Å². The van der Waals surface area contributed by atoms with Crippen LogP contribution in [0.1, 0.15) is 16.8 Å². The third-order valence-corrected chi connectivity index (χ3v) is 4.34. The van der Waals surface area contributed by atoms with Crippen LogP contribution < -0.4 is 0 Å². The molecule has 1 unspecified atom stereocenters. The van der Waals surface area contributed by atoms with E-state index in [4.69, 9.17) is 4.74 Å². The van der Waals surface area contributed by atoms with Gasteiger partial charge in [0.15, 0.2) is 0 Å². The first-order chi connectivity index (χ1) is 9.31. The molecule has 0 radical (unpaired) electrons. The Labute approximate surface area is 111 Å². The average molecular weight is 256 g/mol. The molecule has 4 rings (SSSR count). The number of ether oxygens (including phenoxy) is 1. The number of nitrogens with one attached hydrogen (secondary N) is 1. The van der Waals surface area contributed by atoms with Crippen LogP contribution >= 0.6 is 0 Å². The Balaban J connectivity index is 1.57. The van der Waals surface area contributed by atoms with E-state index in [0.29, 0.717) is 11.5 Å². The van der Waals surface area contributed by atoms with Gasteiger partial charge in [0.2, 0.25) is 0 Å². The van der Waals surface area contributed by atoms with Gasteiger partial charge >= 0.3 is 5.97 Å². The zero-order valence-corrected chi connectivity index (χ0v) is 10.6. The summed E-state index contributed by atoms with van der Waals surface area (Å²) in [5.41, 5.74) is 1.62. The van der Waals surface area contributed by atoms with E-state index in [2.05, 4.69) is 9.88 Å². The summed E-state index contributed by atoms with van der Waals surface area (Å²) in [6, 6.07) is 7.81. The zero-order valence-electron chi connectivity index (χ0n) is 10.6. The molecule has 98 valence electrons. The van der Waals surface area contributed by atoms with Crippen LogP contribution in [0.5, 0.6) is 0 Å². The number of H-pyrrole nitrogens is 1. The number of hydrogen-bond acceptors (Lipinski definition) is 3. The van der Waals surface area contributed by atoms with Gasteiger partial charge in [-0.05, 0) is 19.0 Å². The minimum atomic E-state index is -0.198. The second kappa shape index (κ2) is 4.10. The monoisotopic (exact) mass is 256 g/mol. The van der Waals surface area contributed by atoms with Crippen molar-refractivity contribution in [2.75, 3.05) is 19.6 Å². The topological polar surface area (TPSA) is 45.3 Å². The van der Waals surface area contributed by atoms with Crippen LogP contribution in [0.3, 0.4) is 0 Å². The fourth-order valence-corrected chi connectivity index (χ4v) is 3.31. The van der Waals surface area contributed by atoms with Crippen LogP contribution in [0, 0.1) is 5.92 Å². The van der Waals surface area contributed by atoms with Gasteiger partial charge in [-0.1, -0.05) is 18.2 Å². The van der Waals surface area contributed by atoms with Crippen LogP contribution in [0.15, 0.2) is 30.5 Å². The summed E-state index contributed by atoms with van der Waals surface area (Å²) in [5.74, 6) is 0.338. The van der Waals surface area contributed by atoms with Crippen molar-refractivity contribution in [3.8, 4) is 0 Å². The molecule has 1 N–H and O–H groups in total. The Hall–Kier alpha value is -1.81. The third kappa shape index (κ3) is 1.75. The van der Waals surface area contributed by atoms with Gasteiger partial charge in [-0.2, -0.15) is 0 Å². The van der Waals surface area contributed by atoms with Crippen molar-refractivity contribution in [3.63, 3.8) is 0 Å². The molecule has 4 heteroatoms. The van der Waals surface area contributed by atoms with E-state index in [-0.39, 0.29) is 12.1 Å². The molecule has 2 aliphatic rings. The van der Waals surface area contributed by atoms with Crippen LogP contribution in [0.2, 0.25) is 0 Å². The number of aromatic amines is 1. The summed E-state index contributed by atoms with van der Waals surface area (Å²) in [6.45, 7) is 3.15. The summed E-state index contributed by atoms with van der Waals surface area (Å²) in [4.78, 5) is 17.8. The number of hydrogen-bond donors (Lipinski definition) is 1. The van der Waals surface area contributed by atoms with Crippen LogP contribution in [-0.2, 0) is 4.74 Å². The molecular weight excluding hydrogens is 240 g/mol. The van der Waals surface area contributed by atoms with E-state index in [1.807, 2.05) is 24.3 Å². The van der Waals surface area contributed by atoms with Crippen molar-refractivity contribution in [2.24, 2.45) is 5.92 Å². The van der Waals surface area contributed by atoms with Gasteiger partial charge in [-0.3, -0.25) is 4.90 Å². The number of nitrogens with zero attached hydrogens (tertiary/aromatic N) is 1. The SMILES string of the molecule is O=C(O[C@H]1CN2CC[C@H]1C2)c1c[nH]c2ccccc12. The summed E-state index contributed by atoms with van der Waals surface area (Å²) in [7, 11) is 0. The maximum Gasteiger partial charge on any atom is 0.340 e. The number of rotatable bonds is 2. The molecule has 0 saturated carbocycles. The van der Waals surface area contributed by atoms with Gasteiger partial charge in [0.05, 0.1) is 5.56 Å². The standard InChI is InChI=1S/C15H16N2O2/c18-15(19-14-9-17-6-5-10(14)8-17)12-7-16-13-4-2-1-3-11(12)13/h1-4,7,10,14,16H,5-6,8-9H2/t10-,14-/m0/s1. The number of carbonyl (C=O) groups is 1. The van der Waals surface area contributed by atoms with E-state index in [0.717, 1.165) is 37.0 Å². The van der Waals surface area contributed by atoms with E-state index in [9.17, 15) is 4.79 Å². The molecule has 3 atom stereocenters. The van der Waals surface area contributed by atoms with Crippen molar-refractivity contribution < 1.29 is 9.53 Å². The highest BCUT2D eigenvalue weighted by Gasteiger charge is 2.40. The maximum atomic E-state index is 12.3. The molecule has 0 spiro atoms. The maximum absolute atomic E-state index is 12.3. The third-order valence-electron chi connectivity index (χ3n) is 4.34. The number of carbonyl (C=O) groups excluding carboxylic acids is 1. The largest absolute Gasteiger partial charge is 0.457 e. The summed E-state index contributed by atoms with van der Waals surface area (Å²) < 4.78 is 5.70. The van der Waals surface area contributed by atoms with E-state index >= 15 is 0 Å². The van der Waals surface area contributed by atoms with E-state index < -0.39 is 0 Å². The summed E-state index contributed by atoms with van der Waals surface area (Å²) in [5, 5.41) is 0.941. The lowest BCUT2D eigenvalue weighted by molar-refractivity contribution is 0.0184. The lowest BCUT2D eigenvalue weighted by Crippen LogP contribution is -2.31. The second-order valence-electron chi connectivity index (χ2n) is 5.50. The fraction of sp³-hybridized carbons (Fsp3) is 0.400. The lowest BCUT2D eigenvalue weighted by atomic mass is 10.0. The van der Waals surface area contributed by atoms with Crippen molar-refractivity contribution in [3.05, 3.63) is 36.0 Å².